The summed E-state index contributed by atoms with van der Waals surface area (Å²) in [6.45, 7) is 2.04. The number of esters is 1. The minimum atomic E-state index is -0.679. The zero-order valence-corrected chi connectivity index (χ0v) is 17.1. The minimum Gasteiger partial charge on any atom is -0.491 e. The van der Waals surface area contributed by atoms with Crippen LogP contribution in [0.1, 0.15) is 23.2 Å². The summed E-state index contributed by atoms with van der Waals surface area (Å²) in [7, 11) is 1.33. The monoisotopic (exact) mass is 412 g/mol. The number of aliphatic hydroxyl groups excluding tert-OH is 1. The lowest BCUT2D eigenvalue weighted by Crippen LogP contribution is -2.44. The second-order valence-electron chi connectivity index (χ2n) is 7.43. The number of nitrogens with zero attached hydrogens (tertiary/aromatic N) is 1. The molecule has 1 fully saturated rings. The molecule has 7 nitrogen and oxygen atoms in total. The van der Waals surface area contributed by atoms with Crippen molar-refractivity contribution in [3.63, 3.8) is 0 Å². The maximum atomic E-state index is 12.5. The molecule has 2 aromatic rings. The average molecular weight is 412 g/mol. The summed E-state index contributed by atoms with van der Waals surface area (Å²) in [6, 6.07) is 16.0. The van der Waals surface area contributed by atoms with Crippen LogP contribution in [-0.2, 0) is 9.53 Å². The van der Waals surface area contributed by atoms with E-state index in [1.165, 1.54) is 7.11 Å². The number of nitrogens with one attached hydrogen (secondary N) is 1. The number of rotatable bonds is 8. The number of hydrogen-bond acceptors (Lipinski definition) is 6. The molecule has 0 saturated carbocycles. The van der Waals surface area contributed by atoms with Gasteiger partial charge in [0.1, 0.15) is 18.5 Å². The van der Waals surface area contributed by atoms with Crippen LogP contribution in [0.2, 0.25) is 0 Å². The van der Waals surface area contributed by atoms with Gasteiger partial charge in [-0.25, -0.2) is 4.79 Å². The molecule has 0 bridgehead atoms. The van der Waals surface area contributed by atoms with Gasteiger partial charge in [-0.2, -0.15) is 0 Å². The molecule has 3 rings (SSSR count). The Bertz CT molecular complexity index is 825. The van der Waals surface area contributed by atoms with E-state index >= 15 is 0 Å². The predicted octanol–water partition coefficient (Wildman–Crippen LogP) is 2.56. The first-order valence-corrected chi connectivity index (χ1v) is 10.1. The number of amides is 1. The molecule has 160 valence electrons. The second kappa shape index (κ2) is 10.8. The molecular formula is C23H28N2O5. The van der Waals surface area contributed by atoms with Crippen LogP contribution in [0.5, 0.6) is 5.75 Å². The Morgan fingerprint density at radius 2 is 1.90 bits per heavy atom. The van der Waals surface area contributed by atoms with E-state index in [1.54, 1.807) is 24.3 Å². The lowest BCUT2D eigenvalue weighted by atomic mass is 9.96. The van der Waals surface area contributed by atoms with Gasteiger partial charge in [0.15, 0.2) is 0 Å². The summed E-state index contributed by atoms with van der Waals surface area (Å²) in [6.07, 6.45) is 1.07. The SMILES string of the molecule is COC(=O)c1ccc(OCC(O)CN2CCCC(C(=O)Nc3ccccc3)C2)cc1. The second-order valence-corrected chi connectivity index (χ2v) is 7.43. The normalized spacial score (nSPS) is 17.7. The summed E-state index contributed by atoms with van der Waals surface area (Å²) in [5.74, 6) is 0.0817. The summed E-state index contributed by atoms with van der Waals surface area (Å²) in [4.78, 5) is 26.1. The third-order valence-electron chi connectivity index (χ3n) is 5.10. The highest BCUT2D eigenvalue weighted by Gasteiger charge is 2.27. The highest BCUT2D eigenvalue weighted by Crippen LogP contribution is 2.19. The van der Waals surface area contributed by atoms with Crippen LogP contribution in [0.3, 0.4) is 0 Å². The molecule has 0 aliphatic carbocycles. The molecule has 1 heterocycles. The van der Waals surface area contributed by atoms with Crippen molar-refractivity contribution in [2.45, 2.75) is 18.9 Å². The van der Waals surface area contributed by atoms with Gasteiger partial charge in [-0.05, 0) is 55.8 Å². The number of anilines is 1. The van der Waals surface area contributed by atoms with Crippen molar-refractivity contribution in [3.05, 3.63) is 60.2 Å². The molecule has 2 N–H and O–H groups in total. The van der Waals surface area contributed by atoms with Crippen LogP contribution in [0, 0.1) is 5.92 Å². The maximum Gasteiger partial charge on any atom is 0.337 e. The topological polar surface area (TPSA) is 88.1 Å². The first kappa shape index (κ1) is 21.8. The number of hydrogen-bond donors (Lipinski definition) is 2. The van der Waals surface area contributed by atoms with Gasteiger partial charge in [0, 0.05) is 18.8 Å². The van der Waals surface area contributed by atoms with E-state index in [9.17, 15) is 14.7 Å². The molecule has 1 saturated heterocycles. The van der Waals surface area contributed by atoms with Crippen LogP contribution in [0.4, 0.5) is 5.69 Å². The van der Waals surface area contributed by atoms with E-state index in [4.69, 9.17) is 4.74 Å². The summed E-state index contributed by atoms with van der Waals surface area (Å²) in [5, 5.41) is 13.3. The molecule has 0 aromatic heterocycles. The van der Waals surface area contributed by atoms with Gasteiger partial charge in [-0.3, -0.25) is 9.69 Å². The van der Waals surface area contributed by atoms with Crippen molar-refractivity contribution in [2.75, 3.05) is 38.7 Å². The Balaban J connectivity index is 1.44. The van der Waals surface area contributed by atoms with Crippen LogP contribution in [0.15, 0.2) is 54.6 Å². The molecule has 1 aliphatic rings. The van der Waals surface area contributed by atoms with Gasteiger partial charge in [-0.15, -0.1) is 0 Å². The largest absolute Gasteiger partial charge is 0.491 e. The molecule has 7 heteroatoms. The highest BCUT2D eigenvalue weighted by atomic mass is 16.5. The molecule has 1 aliphatic heterocycles. The molecule has 2 unspecified atom stereocenters. The number of carbonyl (C=O) groups excluding carboxylic acids is 2. The molecule has 2 aromatic carbocycles. The fourth-order valence-electron chi connectivity index (χ4n) is 3.55. The van der Waals surface area contributed by atoms with Crippen molar-refractivity contribution in [1.29, 1.82) is 0 Å². The number of para-hydroxylation sites is 1. The van der Waals surface area contributed by atoms with Crippen molar-refractivity contribution >= 4 is 17.6 Å². The number of aliphatic hydroxyl groups is 1. The van der Waals surface area contributed by atoms with Crippen LogP contribution in [-0.4, -0.2) is 61.3 Å². The smallest absolute Gasteiger partial charge is 0.337 e. The molecule has 1 amide bonds. The number of piperidine rings is 1. The van der Waals surface area contributed by atoms with E-state index < -0.39 is 12.1 Å². The fourth-order valence-corrected chi connectivity index (χ4v) is 3.55. The highest BCUT2D eigenvalue weighted by molar-refractivity contribution is 5.92. The fraction of sp³-hybridized carbons (Fsp3) is 0.391. The van der Waals surface area contributed by atoms with Crippen LogP contribution in [0.25, 0.3) is 0 Å². The summed E-state index contributed by atoms with van der Waals surface area (Å²) < 4.78 is 10.3. The standard InChI is InChI=1S/C23H28N2O5/c1-29-23(28)17-9-11-21(12-10-17)30-16-20(26)15-25-13-5-6-18(14-25)22(27)24-19-7-3-2-4-8-19/h2-4,7-12,18,20,26H,5-6,13-16H2,1H3,(H,24,27). The molecule has 0 radical (unpaired) electrons. The molecule has 30 heavy (non-hydrogen) atoms. The summed E-state index contributed by atoms with van der Waals surface area (Å²) in [5.41, 5.74) is 1.24. The third-order valence-corrected chi connectivity index (χ3v) is 5.10. The Labute approximate surface area is 176 Å². The van der Waals surface area contributed by atoms with Gasteiger partial charge < -0.3 is 19.9 Å². The van der Waals surface area contributed by atoms with E-state index in [1.807, 2.05) is 30.3 Å². The van der Waals surface area contributed by atoms with E-state index in [2.05, 4.69) is 15.0 Å². The van der Waals surface area contributed by atoms with Gasteiger partial charge in [0.05, 0.1) is 18.6 Å². The van der Waals surface area contributed by atoms with E-state index in [0.717, 1.165) is 25.1 Å². The molecular weight excluding hydrogens is 384 g/mol. The minimum absolute atomic E-state index is 0.0161. The quantitative estimate of drug-likeness (QED) is 0.648. The molecule has 0 spiro atoms. The van der Waals surface area contributed by atoms with Crippen molar-refractivity contribution in [3.8, 4) is 5.75 Å². The number of carbonyl (C=O) groups is 2. The van der Waals surface area contributed by atoms with Crippen LogP contribution < -0.4 is 10.1 Å². The first-order chi connectivity index (χ1) is 14.5. The van der Waals surface area contributed by atoms with Crippen molar-refractivity contribution < 1.29 is 24.2 Å². The van der Waals surface area contributed by atoms with Gasteiger partial charge in [-0.1, -0.05) is 18.2 Å². The van der Waals surface area contributed by atoms with Crippen molar-refractivity contribution in [2.24, 2.45) is 5.92 Å². The van der Waals surface area contributed by atoms with Crippen molar-refractivity contribution in [1.82, 2.24) is 4.90 Å². The number of benzene rings is 2. The zero-order valence-electron chi connectivity index (χ0n) is 17.1. The summed E-state index contributed by atoms with van der Waals surface area (Å²) >= 11 is 0. The third kappa shape index (κ3) is 6.30. The lowest BCUT2D eigenvalue weighted by molar-refractivity contribution is -0.121. The van der Waals surface area contributed by atoms with Crippen LogP contribution >= 0.6 is 0 Å². The molecule has 2 atom stereocenters. The van der Waals surface area contributed by atoms with Gasteiger partial charge >= 0.3 is 5.97 Å². The Kier molecular flexibility index (Phi) is 7.82. The lowest BCUT2D eigenvalue weighted by Gasteiger charge is -2.33. The zero-order chi connectivity index (χ0) is 21.3. The first-order valence-electron chi connectivity index (χ1n) is 10.1. The average Bonchev–Trinajstić information content (AvgIpc) is 2.78. The van der Waals surface area contributed by atoms with E-state index in [0.29, 0.717) is 24.4 Å². The van der Waals surface area contributed by atoms with E-state index in [-0.39, 0.29) is 18.4 Å². The number of β-amino-alcohol motifs (C(OH)–C–C–N with tert-alkyl or cyclic N) is 1. The van der Waals surface area contributed by atoms with Gasteiger partial charge in [0.25, 0.3) is 0 Å². The number of methoxy groups -OCH3 is 1. The Hall–Kier alpha value is -2.90. The number of likely N-dealkylation sites (tertiary alicyclic amines) is 1. The van der Waals surface area contributed by atoms with Gasteiger partial charge in [0.2, 0.25) is 5.91 Å². The number of ether oxygens (including phenoxy) is 2. The maximum absolute atomic E-state index is 12.5. The Morgan fingerprint density at radius 1 is 1.17 bits per heavy atom. The Morgan fingerprint density at radius 3 is 2.60 bits per heavy atom. The predicted molar refractivity (Wildman–Crippen MR) is 114 cm³/mol.